The van der Waals surface area contributed by atoms with E-state index in [0.717, 1.165) is 40.8 Å². The summed E-state index contributed by atoms with van der Waals surface area (Å²) >= 11 is 0. The molecule has 1 saturated carbocycles. The second-order valence-corrected chi connectivity index (χ2v) is 8.50. The Labute approximate surface area is 161 Å². The molecule has 3 heterocycles. The molecule has 4 nitrogen and oxygen atoms in total. The van der Waals surface area contributed by atoms with Gasteiger partial charge < -0.3 is 9.88 Å². The van der Waals surface area contributed by atoms with Gasteiger partial charge in [0.25, 0.3) is 0 Å². The molecule has 140 valence electrons. The maximum atomic E-state index is 4.95. The van der Waals surface area contributed by atoms with Crippen LogP contribution in [0.1, 0.15) is 51.3 Å². The summed E-state index contributed by atoms with van der Waals surface area (Å²) in [6, 6.07) is 12.7. The van der Waals surface area contributed by atoms with Crippen molar-refractivity contribution in [2.24, 2.45) is 5.92 Å². The van der Waals surface area contributed by atoms with Crippen molar-refractivity contribution in [2.75, 3.05) is 11.4 Å². The average molecular weight is 361 g/mol. The SMILES string of the molecule is Cc1nc(N2CCCC3CCCCC32C)c2[nH]c(-c3ccccc3)cc2n1. The molecule has 1 N–H and O–H groups in total. The zero-order chi connectivity index (χ0) is 18.4. The minimum atomic E-state index is 0.224. The summed E-state index contributed by atoms with van der Waals surface area (Å²) < 4.78 is 0. The molecular weight excluding hydrogens is 332 g/mol. The molecule has 0 bridgehead atoms. The number of hydrogen-bond acceptors (Lipinski definition) is 3. The molecular formula is C23H28N4. The Morgan fingerprint density at radius 1 is 1.07 bits per heavy atom. The standard InChI is InChI=1S/C23H28N4/c1-16-24-20-15-19(17-9-4-3-5-10-17)26-21(20)22(25-16)27-14-8-12-18-11-6-7-13-23(18,27)2/h3-5,9-10,15,18,26H,6-8,11-14H2,1-2H3. The van der Waals surface area contributed by atoms with Crippen molar-refractivity contribution >= 4 is 16.9 Å². The molecule has 5 rings (SSSR count). The number of fused-ring (bicyclic) bond motifs is 2. The van der Waals surface area contributed by atoms with E-state index in [2.05, 4.69) is 53.2 Å². The van der Waals surface area contributed by atoms with Gasteiger partial charge >= 0.3 is 0 Å². The number of aryl methyl sites for hydroxylation is 1. The zero-order valence-corrected chi connectivity index (χ0v) is 16.3. The molecule has 0 amide bonds. The van der Waals surface area contributed by atoms with Crippen LogP contribution in [0.4, 0.5) is 5.82 Å². The summed E-state index contributed by atoms with van der Waals surface area (Å²) in [5.41, 5.74) is 4.65. The van der Waals surface area contributed by atoms with Gasteiger partial charge in [-0.05, 0) is 57.1 Å². The minimum Gasteiger partial charge on any atom is -0.350 e. The minimum absolute atomic E-state index is 0.224. The fourth-order valence-electron chi connectivity index (χ4n) is 5.38. The highest BCUT2D eigenvalue weighted by atomic mass is 15.3. The van der Waals surface area contributed by atoms with Crippen LogP contribution in [0, 0.1) is 12.8 Å². The van der Waals surface area contributed by atoms with Crippen LogP contribution in [0.25, 0.3) is 22.3 Å². The van der Waals surface area contributed by atoms with Gasteiger partial charge in [-0.3, -0.25) is 0 Å². The summed E-state index contributed by atoms with van der Waals surface area (Å²) in [6.45, 7) is 5.58. The van der Waals surface area contributed by atoms with Crippen LogP contribution in [0.15, 0.2) is 36.4 Å². The van der Waals surface area contributed by atoms with E-state index in [1.807, 2.05) is 6.92 Å². The highest BCUT2D eigenvalue weighted by Gasteiger charge is 2.44. The molecule has 2 aliphatic rings. The Morgan fingerprint density at radius 2 is 1.89 bits per heavy atom. The Kier molecular flexibility index (Phi) is 3.96. The second kappa shape index (κ2) is 6.36. The van der Waals surface area contributed by atoms with Crippen LogP contribution in [0.2, 0.25) is 0 Å². The quantitative estimate of drug-likeness (QED) is 0.658. The molecule has 3 aromatic rings. The average Bonchev–Trinajstić information content (AvgIpc) is 3.11. The fourth-order valence-corrected chi connectivity index (χ4v) is 5.38. The van der Waals surface area contributed by atoms with Gasteiger partial charge in [-0.25, -0.2) is 9.97 Å². The van der Waals surface area contributed by atoms with Crippen LogP contribution < -0.4 is 4.90 Å². The summed E-state index contributed by atoms with van der Waals surface area (Å²) in [5.74, 6) is 2.75. The van der Waals surface area contributed by atoms with Gasteiger partial charge in [0.15, 0.2) is 5.82 Å². The summed E-state index contributed by atoms with van der Waals surface area (Å²) in [4.78, 5) is 16.0. The van der Waals surface area contributed by atoms with Crippen molar-refractivity contribution in [2.45, 2.75) is 57.9 Å². The number of aromatic amines is 1. The van der Waals surface area contributed by atoms with Gasteiger partial charge in [0.2, 0.25) is 0 Å². The van der Waals surface area contributed by atoms with Crippen molar-refractivity contribution in [3.8, 4) is 11.3 Å². The number of aromatic nitrogens is 3. The molecule has 1 saturated heterocycles. The smallest absolute Gasteiger partial charge is 0.157 e. The molecule has 2 aromatic heterocycles. The van der Waals surface area contributed by atoms with Gasteiger partial charge in [0, 0.05) is 17.8 Å². The van der Waals surface area contributed by atoms with Gasteiger partial charge in [-0.15, -0.1) is 0 Å². The summed E-state index contributed by atoms with van der Waals surface area (Å²) in [5, 5.41) is 0. The lowest BCUT2D eigenvalue weighted by molar-refractivity contribution is 0.153. The number of rotatable bonds is 2. The fraction of sp³-hybridized carbons (Fsp3) is 0.478. The molecule has 0 radical (unpaired) electrons. The van der Waals surface area contributed by atoms with Gasteiger partial charge in [0.1, 0.15) is 11.3 Å². The number of H-pyrrole nitrogens is 1. The third-order valence-electron chi connectivity index (χ3n) is 6.83. The summed E-state index contributed by atoms with van der Waals surface area (Å²) in [6.07, 6.45) is 7.97. The molecule has 4 heteroatoms. The highest BCUT2D eigenvalue weighted by molar-refractivity contribution is 5.91. The number of nitrogens with one attached hydrogen (secondary N) is 1. The van der Waals surface area contributed by atoms with Crippen molar-refractivity contribution in [1.29, 1.82) is 0 Å². The molecule has 1 aliphatic heterocycles. The zero-order valence-electron chi connectivity index (χ0n) is 16.3. The van der Waals surface area contributed by atoms with E-state index >= 15 is 0 Å². The number of hydrogen-bond donors (Lipinski definition) is 1. The topological polar surface area (TPSA) is 44.8 Å². The Hall–Kier alpha value is -2.36. The van der Waals surface area contributed by atoms with E-state index in [4.69, 9.17) is 9.97 Å². The lowest BCUT2D eigenvalue weighted by Gasteiger charge is -2.53. The third-order valence-corrected chi connectivity index (χ3v) is 6.83. The maximum Gasteiger partial charge on any atom is 0.157 e. The first kappa shape index (κ1) is 16.8. The molecule has 1 aromatic carbocycles. The molecule has 2 atom stereocenters. The van der Waals surface area contributed by atoms with Crippen molar-refractivity contribution in [3.05, 3.63) is 42.2 Å². The van der Waals surface area contributed by atoms with E-state index in [-0.39, 0.29) is 5.54 Å². The number of piperidine rings is 1. The predicted molar refractivity (Wildman–Crippen MR) is 111 cm³/mol. The molecule has 2 fully saturated rings. The Balaban J connectivity index is 1.65. The lowest BCUT2D eigenvalue weighted by Crippen LogP contribution is -2.57. The Bertz CT molecular complexity index is 959. The monoisotopic (exact) mass is 360 g/mol. The molecule has 0 spiro atoms. The van der Waals surface area contributed by atoms with Gasteiger partial charge in [-0.1, -0.05) is 43.2 Å². The third kappa shape index (κ3) is 2.73. The van der Waals surface area contributed by atoms with Crippen LogP contribution in [0.5, 0.6) is 0 Å². The van der Waals surface area contributed by atoms with Crippen molar-refractivity contribution in [3.63, 3.8) is 0 Å². The lowest BCUT2D eigenvalue weighted by atomic mass is 9.68. The van der Waals surface area contributed by atoms with Crippen molar-refractivity contribution < 1.29 is 0 Å². The summed E-state index contributed by atoms with van der Waals surface area (Å²) in [7, 11) is 0. The largest absolute Gasteiger partial charge is 0.350 e. The van der Waals surface area contributed by atoms with Crippen LogP contribution in [-0.2, 0) is 0 Å². The molecule has 1 aliphatic carbocycles. The van der Waals surface area contributed by atoms with E-state index < -0.39 is 0 Å². The Morgan fingerprint density at radius 3 is 2.74 bits per heavy atom. The first-order valence-electron chi connectivity index (χ1n) is 10.4. The molecule has 2 unspecified atom stereocenters. The van der Waals surface area contributed by atoms with Gasteiger partial charge in [0.05, 0.1) is 5.52 Å². The normalized spacial score (nSPS) is 25.6. The highest BCUT2D eigenvalue weighted by Crippen LogP contribution is 2.46. The van der Waals surface area contributed by atoms with E-state index in [9.17, 15) is 0 Å². The van der Waals surface area contributed by atoms with Crippen LogP contribution in [0.3, 0.4) is 0 Å². The van der Waals surface area contributed by atoms with E-state index in [1.165, 1.54) is 44.1 Å². The van der Waals surface area contributed by atoms with Crippen molar-refractivity contribution in [1.82, 2.24) is 15.0 Å². The number of benzene rings is 1. The van der Waals surface area contributed by atoms with E-state index in [0.29, 0.717) is 0 Å². The first-order chi connectivity index (χ1) is 13.1. The number of anilines is 1. The molecule has 27 heavy (non-hydrogen) atoms. The maximum absolute atomic E-state index is 4.95. The predicted octanol–water partition coefficient (Wildman–Crippen LogP) is 5.48. The van der Waals surface area contributed by atoms with E-state index in [1.54, 1.807) is 0 Å². The van der Waals surface area contributed by atoms with Crippen LogP contribution in [-0.4, -0.2) is 27.0 Å². The number of nitrogens with zero attached hydrogens (tertiary/aromatic N) is 3. The van der Waals surface area contributed by atoms with Crippen LogP contribution >= 0.6 is 0 Å². The first-order valence-corrected chi connectivity index (χ1v) is 10.4. The second-order valence-electron chi connectivity index (χ2n) is 8.50. The van der Waals surface area contributed by atoms with Gasteiger partial charge in [-0.2, -0.15) is 0 Å².